The molecule has 0 amide bonds. The molecule has 0 heterocycles. The number of likely N-dealkylation sites (N-methyl/N-ethyl adjacent to an activating group) is 1. The second-order valence-corrected chi connectivity index (χ2v) is 6.68. The number of rotatable bonds is 7. The van der Waals surface area contributed by atoms with E-state index in [4.69, 9.17) is 32.7 Å². The van der Waals surface area contributed by atoms with Gasteiger partial charge in [-0.05, 0) is 19.4 Å². The molecule has 6 heteroatoms. The fourth-order valence-electron chi connectivity index (χ4n) is 3.32. The first-order chi connectivity index (χ1) is 11.4. The van der Waals surface area contributed by atoms with Gasteiger partial charge in [0.25, 0.3) is 0 Å². The molecule has 0 aliphatic heterocycles. The summed E-state index contributed by atoms with van der Waals surface area (Å²) in [6.07, 6.45) is 0.247. The largest absolute Gasteiger partial charge is 0.370 e. The number of benzene rings is 1. The molecule has 0 N–H and O–H groups in total. The monoisotopic (exact) mass is 371 g/mol. The van der Waals surface area contributed by atoms with Crippen LogP contribution in [0.2, 0.25) is 0 Å². The Balaban J connectivity index is 2.59. The standard InChI is InChI=1S/C18H23Cl2NO3/c1-5-21(6-2)15-14(19)16(22)17(20,18(15,23-3)24-4)12-13-10-8-7-9-11-13/h7-11H,5-6,12H2,1-4H3. The van der Waals surface area contributed by atoms with E-state index in [1.54, 1.807) is 0 Å². The summed E-state index contributed by atoms with van der Waals surface area (Å²) >= 11 is 13.3. The highest BCUT2D eigenvalue weighted by atomic mass is 35.5. The van der Waals surface area contributed by atoms with Gasteiger partial charge in [0.2, 0.25) is 11.6 Å². The smallest absolute Gasteiger partial charge is 0.239 e. The predicted octanol–water partition coefficient (Wildman–Crippen LogP) is 3.57. The number of carbonyl (C=O) groups is 1. The number of hydrogen-bond donors (Lipinski definition) is 0. The van der Waals surface area contributed by atoms with E-state index < -0.39 is 10.7 Å². The second-order valence-electron chi connectivity index (χ2n) is 5.65. The molecule has 24 heavy (non-hydrogen) atoms. The number of allylic oxidation sites excluding steroid dienone is 1. The van der Waals surface area contributed by atoms with E-state index in [9.17, 15) is 4.79 Å². The van der Waals surface area contributed by atoms with E-state index in [1.165, 1.54) is 14.2 Å². The van der Waals surface area contributed by atoms with Gasteiger partial charge in [0.1, 0.15) is 5.03 Å². The van der Waals surface area contributed by atoms with Gasteiger partial charge in [0.05, 0.1) is 5.70 Å². The minimum absolute atomic E-state index is 0.0772. The Labute approximate surface area is 153 Å². The lowest BCUT2D eigenvalue weighted by Crippen LogP contribution is -2.58. The van der Waals surface area contributed by atoms with Crippen LogP contribution in [0, 0.1) is 0 Å². The average molecular weight is 372 g/mol. The zero-order valence-electron chi connectivity index (χ0n) is 14.4. The molecule has 1 aliphatic rings. The summed E-state index contributed by atoms with van der Waals surface area (Å²) in [7, 11) is 2.97. The summed E-state index contributed by atoms with van der Waals surface area (Å²) in [6.45, 7) is 5.27. The Kier molecular flexibility index (Phi) is 5.97. The predicted molar refractivity (Wildman–Crippen MR) is 96.3 cm³/mol. The van der Waals surface area contributed by atoms with Gasteiger partial charge in [0.15, 0.2) is 4.87 Å². The van der Waals surface area contributed by atoms with Gasteiger partial charge in [-0.2, -0.15) is 0 Å². The highest BCUT2D eigenvalue weighted by molar-refractivity contribution is 6.53. The lowest BCUT2D eigenvalue weighted by atomic mass is 9.89. The highest BCUT2D eigenvalue weighted by Crippen LogP contribution is 2.52. The van der Waals surface area contributed by atoms with Gasteiger partial charge in [-0.25, -0.2) is 0 Å². The summed E-state index contributed by atoms with van der Waals surface area (Å²) in [5, 5.41) is 0.0772. The van der Waals surface area contributed by atoms with Crippen molar-refractivity contribution in [1.29, 1.82) is 0 Å². The molecular weight excluding hydrogens is 349 g/mol. The highest BCUT2D eigenvalue weighted by Gasteiger charge is 2.66. The van der Waals surface area contributed by atoms with Crippen LogP contribution in [0.15, 0.2) is 41.1 Å². The van der Waals surface area contributed by atoms with Crippen molar-refractivity contribution in [3.63, 3.8) is 0 Å². The Bertz CT molecular complexity index is 624. The summed E-state index contributed by atoms with van der Waals surface area (Å²) in [5.74, 6) is -1.81. The molecule has 0 fully saturated rings. The molecule has 132 valence electrons. The normalized spacial score (nSPS) is 23.0. The molecule has 1 unspecified atom stereocenters. The SMILES string of the molecule is CCN(CC)C1=C(Cl)C(=O)C(Cl)(Cc2ccccc2)C1(OC)OC. The molecule has 1 aliphatic carbocycles. The summed E-state index contributed by atoms with van der Waals surface area (Å²) < 4.78 is 11.4. The first-order valence-electron chi connectivity index (χ1n) is 7.94. The number of alkyl halides is 1. The van der Waals surface area contributed by atoms with E-state index in [2.05, 4.69) is 0 Å². The molecule has 1 aromatic rings. The number of hydrogen-bond acceptors (Lipinski definition) is 4. The molecule has 1 atom stereocenters. The average Bonchev–Trinajstić information content (AvgIpc) is 2.76. The van der Waals surface area contributed by atoms with Crippen LogP contribution in [0.3, 0.4) is 0 Å². The van der Waals surface area contributed by atoms with E-state index >= 15 is 0 Å². The van der Waals surface area contributed by atoms with Crippen molar-refractivity contribution >= 4 is 29.0 Å². The Morgan fingerprint density at radius 1 is 1.08 bits per heavy atom. The topological polar surface area (TPSA) is 38.8 Å². The molecule has 0 saturated carbocycles. The maximum atomic E-state index is 13.0. The van der Waals surface area contributed by atoms with Crippen molar-refractivity contribution < 1.29 is 14.3 Å². The van der Waals surface area contributed by atoms with Crippen LogP contribution in [0.4, 0.5) is 0 Å². The number of halogens is 2. The third kappa shape index (κ3) is 2.76. The van der Waals surface area contributed by atoms with Crippen LogP contribution >= 0.6 is 23.2 Å². The minimum atomic E-state index is -1.47. The van der Waals surface area contributed by atoms with Crippen LogP contribution in [0.1, 0.15) is 19.4 Å². The molecule has 2 rings (SSSR count). The maximum Gasteiger partial charge on any atom is 0.239 e. The quantitative estimate of drug-likeness (QED) is 0.542. The number of ketones is 1. The van der Waals surface area contributed by atoms with E-state index in [0.717, 1.165) is 5.56 Å². The van der Waals surface area contributed by atoms with Crippen LogP contribution in [0.25, 0.3) is 0 Å². The number of carbonyl (C=O) groups excluding carboxylic acids is 1. The third-order valence-corrected chi connectivity index (χ3v) is 5.45. The van der Waals surface area contributed by atoms with Crippen LogP contribution in [0.5, 0.6) is 0 Å². The van der Waals surface area contributed by atoms with Crippen LogP contribution < -0.4 is 0 Å². The minimum Gasteiger partial charge on any atom is -0.370 e. The molecule has 0 bridgehead atoms. The molecule has 0 spiro atoms. The molecule has 0 aromatic heterocycles. The van der Waals surface area contributed by atoms with Crippen molar-refractivity contribution in [2.75, 3.05) is 27.3 Å². The molecule has 4 nitrogen and oxygen atoms in total. The molecule has 1 aromatic carbocycles. The van der Waals surface area contributed by atoms with Crippen molar-refractivity contribution in [1.82, 2.24) is 4.90 Å². The lowest BCUT2D eigenvalue weighted by molar-refractivity contribution is -0.206. The molecular formula is C18H23Cl2NO3. The van der Waals surface area contributed by atoms with Gasteiger partial charge < -0.3 is 14.4 Å². The van der Waals surface area contributed by atoms with E-state index in [0.29, 0.717) is 18.8 Å². The Hall–Kier alpha value is -1.07. The fraction of sp³-hybridized carbons (Fsp3) is 0.500. The van der Waals surface area contributed by atoms with Gasteiger partial charge in [-0.15, -0.1) is 11.6 Å². The maximum absolute atomic E-state index is 13.0. The Morgan fingerprint density at radius 3 is 2.08 bits per heavy atom. The van der Waals surface area contributed by atoms with Crippen molar-refractivity contribution in [2.24, 2.45) is 0 Å². The number of nitrogens with zero attached hydrogens (tertiary/aromatic N) is 1. The van der Waals surface area contributed by atoms with Crippen LogP contribution in [-0.2, 0) is 20.7 Å². The summed E-state index contributed by atoms with van der Waals surface area (Å²) in [4.78, 5) is 13.5. The van der Waals surface area contributed by atoms with Gasteiger partial charge in [0, 0.05) is 33.7 Å². The van der Waals surface area contributed by atoms with E-state index in [-0.39, 0.29) is 17.2 Å². The molecule has 0 radical (unpaired) electrons. The zero-order valence-corrected chi connectivity index (χ0v) is 15.9. The fourth-order valence-corrected chi connectivity index (χ4v) is 4.27. The Morgan fingerprint density at radius 2 is 1.62 bits per heavy atom. The number of Topliss-reactive ketones (excluding diaryl/α,β-unsaturated/α-hetero) is 1. The van der Waals surface area contributed by atoms with Crippen LogP contribution in [-0.4, -0.2) is 48.7 Å². The second kappa shape index (κ2) is 7.44. The number of ether oxygens (including phenoxy) is 2. The van der Waals surface area contributed by atoms with Crippen molar-refractivity contribution in [3.8, 4) is 0 Å². The van der Waals surface area contributed by atoms with Gasteiger partial charge in [-0.3, -0.25) is 4.79 Å². The first kappa shape index (κ1) is 19.3. The number of methoxy groups -OCH3 is 2. The van der Waals surface area contributed by atoms with E-state index in [1.807, 2.05) is 49.1 Å². The summed E-state index contributed by atoms with van der Waals surface area (Å²) in [5.41, 5.74) is 1.40. The lowest BCUT2D eigenvalue weighted by Gasteiger charge is -2.42. The van der Waals surface area contributed by atoms with Crippen molar-refractivity contribution in [2.45, 2.75) is 30.9 Å². The van der Waals surface area contributed by atoms with Gasteiger partial charge >= 0.3 is 0 Å². The van der Waals surface area contributed by atoms with Gasteiger partial charge in [-0.1, -0.05) is 41.9 Å². The first-order valence-corrected chi connectivity index (χ1v) is 8.70. The molecule has 0 saturated heterocycles. The zero-order chi connectivity index (χ0) is 18.0. The van der Waals surface area contributed by atoms with Crippen molar-refractivity contribution in [3.05, 3.63) is 46.6 Å². The third-order valence-electron chi connectivity index (χ3n) is 4.55. The summed E-state index contributed by atoms with van der Waals surface area (Å²) in [6, 6.07) is 9.54.